The van der Waals surface area contributed by atoms with Gasteiger partial charge in [0.25, 0.3) is 0 Å². The third kappa shape index (κ3) is 2.06. The Labute approximate surface area is 120 Å². The monoisotopic (exact) mass is 276 g/mol. The van der Waals surface area contributed by atoms with Gasteiger partial charge >= 0.3 is 0 Å². The number of nitrogens with one attached hydrogen (secondary N) is 1. The van der Waals surface area contributed by atoms with Crippen molar-refractivity contribution in [3.8, 4) is 0 Å². The van der Waals surface area contributed by atoms with Gasteiger partial charge in [-0.2, -0.15) is 0 Å². The maximum atomic E-state index is 5.11. The lowest BCUT2D eigenvalue weighted by molar-refractivity contribution is 0.415. The highest BCUT2D eigenvalue weighted by atomic mass is 32.1. The first-order chi connectivity index (χ1) is 9.35. The van der Waals surface area contributed by atoms with Gasteiger partial charge in [-0.3, -0.25) is 0 Å². The number of thiazole rings is 1. The first-order valence-electron chi connectivity index (χ1n) is 8.08. The molecule has 19 heavy (non-hydrogen) atoms. The van der Waals surface area contributed by atoms with Crippen LogP contribution in [0.3, 0.4) is 0 Å². The molecular formula is C16H24N2S. The van der Waals surface area contributed by atoms with Crippen LogP contribution in [0.1, 0.15) is 73.0 Å². The molecule has 0 aromatic carbocycles. The standard InChI is InChI=1S/C16H24N2S/c1-2-17-13-4-3-5-14-15(13)18-16(19-14)12-9-10-6-7-11(12)8-10/h10-13,17H,2-9H2,1H3. The average Bonchev–Trinajstić information content (AvgIpc) is 3.13. The molecule has 2 saturated carbocycles. The molecule has 0 aliphatic heterocycles. The molecule has 3 aliphatic rings. The second-order valence-corrected chi connectivity index (χ2v) is 7.76. The molecule has 4 atom stereocenters. The van der Waals surface area contributed by atoms with Crippen LogP contribution in [0.2, 0.25) is 0 Å². The SMILES string of the molecule is CCNC1CCCc2sc(C3CC4CCC3C4)nc21. The van der Waals surface area contributed by atoms with Gasteiger partial charge in [0.15, 0.2) is 0 Å². The molecular weight excluding hydrogens is 252 g/mol. The number of aryl methyl sites for hydroxylation is 1. The quantitative estimate of drug-likeness (QED) is 0.901. The summed E-state index contributed by atoms with van der Waals surface area (Å²) >= 11 is 2.05. The highest BCUT2D eigenvalue weighted by molar-refractivity contribution is 7.11. The third-order valence-electron chi connectivity index (χ3n) is 5.48. The van der Waals surface area contributed by atoms with Gasteiger partial charge in [-0.05, 0) is 56.9 Å². The van der Waals surface area contributed by atoms with Gasteiger partial charge in [-0.25, -0.2) is 4.98 Å². The number of aromatic nitrogens is 1. The molecule has 1 aromatic rings. The van der Waals surface area contributed by atoms with Crippen molar-refractivity contribution in [2.75, 3.05) is 6.54 Å². The average molecular weight is 276 g/mol. The summed E-state index contributed by atoms with van der Waals surface area (Å²) in [6.07, 6.45) is 9.77. The van der Waals surface area contributed by atoms with E-state index in [0.717, 1.165) is 24.3 Å². The lowest BCUT2D eigenvalue weighted by Crippen LogP contribution is -2.24. The number of nitrogens with zero attached hydrogens (tertiary/aromatic N) is 1. The van der Waals surface area contributed by atoms with E-state index in [4.69, 9.17) is 4.98 Å². The molecule has 2 bridgehead atoms. The molecule has 0 amide bonds. The third-order valence-corrected chi connectivity index (χ3v) is 6.74. The fourth-order valence-corrected chi connectivity index (χ4v) is 5.96. The highest BCUT2D eigenvalue weighted by Crippen LogP contribution is 2.54. The van der Waals surface area contributed by atoms with Crippen LogP contribution in [-0.2, 0) is 6.42 Å². The Morgan fingerprint density at radius 2 is 2.21 bits per heavy atom. The minimum absolute atomic E-state index is 0.539. The summed E-state index contributed by atoms with van der Waals surface area (Å²) in [6.45, 7) is 3.27. The van der Waals surface area contributed by atoms with Crippen LogP contribution < -0.4 is 5.32 Å². The molecule has 3 aliphatic carbocycles. The summed E-state index contributed by atoms with van der Waals surface area (Å²) < 4.78 is 0. The zero-order chi connectivity index (χ0) is 12.8. The smallest absolute Gasteiger partial charge is 0.0965 e. The van der Waals surface area contributed by atoms with Crippen LogP contribution in [0.5, 0.6) is 0 Å². The summed E-state index contributed by atoms with van der Waals surface area (Å²) in [5.41, 5.74) is 1.41. The van der Waals surface area contributed by atoms with Crippen LogP contribution in [-0.4, -0.2) is 11.5 Å². The molecule has 4 rings (SSSR count). The molecule has 0 radical (unpaired) electrons. The van der Waals surface area contributed by atoms with Crippen molar-refractivity contribution in [3.63, 3.8) is 0 Å². The van der Waals surface area contributed by atoms with Gasteiger partial charge in [0.2, 0.25) is 0 Å². The molecule has 0 spiro atoms. The van der Waals surface area contributed by atoms with Gasteiger partial charge in [0.1, 0.15) is 0 Å². The van der Waals surface area contributed by atoms with Crippen molar-refractivity contribution in [1.82, 2.24) is 10.3 Å². The van der Waals surface area contributed by atoms with E-state index >= 15 is 0 Å². The number of rotatable bonds is 3. The largest absolute Gasteiger partial charge is 0.309 e. The van der Waals surface area contributed by atoms with Crippen molar-refractivity contribution >= 4 is 11.3 Å². The van der Waals surface area contributed by atoms with Crippen LogP contribution in [0.25, 0.3) is 0 Å². The molecule has 2 fully saturated rings. The van der Waals surface area contributed by atoms with E-state index in [2.05, 4.69) is 23.6 Å². The van der Waals surface area contributed by atoms with Crippen molar-refractivity contribution in [2.45, 2.75) is 63.8 Å². The molecule has 1 N–H and O–H groups in total. The Morgan fingerprint density at radius 1 is 1.26 bits per heavy atom. The summed E-state index contributed by atoms with van der Waals surface area (Å²) in [5, 5.41) is 5.11. The van der Waals surface area contributed by atoms with Crippen molar-refractivity contribution in [2.24, 2.45) is 11.8 Å². The Bertz CT molecular complexity index is 467. The Morgan fingerprint density at radius 3 is 2.95 bits per heavy atom. The normalized spacial score (nSPS) is 36.7. The first-order valence-corrected chi connectivity index (χ1v) is 8.89. The van der Waals surface area contributed by atoms with E-state index in [0.29, 0.717) is 6.04 Å². The fraction of sp³-hybridized carbons (Fsp3) is 0.812. The summed E-state index contributed by atoms with van der Waals surface area (Å²) in [6, 6.07) is 0.539. The summed E-state index contributed by atoms with van der Waals surface area (Å²) in [5.74, 6) is 2.81. The second kappa shape index (κ2) is 4.85. The van der Waals surface area contributed by atoms with Gasteiger partial charge < -0.3 is 5.32 Å². The Balaban J connectivity index is 1.61. The van der Waals surface area contributed by atoms with Gasteiger partial charge in [0.05, 0.1) is 16.7 Å². The summed E-state index contributed by atoms with van der Waals surface area (Å²) in [4.78, 5) is 6.70. The Kier molecular flexibility index (Phi) is 3.15. The van der Waals surface area contributed by atoms with E-state index in [1.54, 1.807) is 4.88 Å². The predicted octanol–water partition coefficient (Wildman–Crippen LogP) is 4.03. The van der Waals surface area contributed by atoms with E-state index in [1.807, 2.05) is 0 Å². The minimum atomic E-state index is 0.539. The second-order valence-electron chi connectivity index (χ2n) is 6.64. The number of fused-ring (bicyclic) bond motifs is 3. The van der Waals surface area contributed by atoms with Gasteiger partial charge in [-0.1, -0.05) is 13.3 Å². The fourth-order valence-electron chi connectivity index (χ4n) is 4.59. The van der Waals surface area contributed by atoms with Crippen molar-refractivity contribution in [1.29, 1.82) is 0 Å². The molecule has 1 aromatic heterocycles. The predicted molar refractivity (Wildman–Crippen MR) is 79.7 cm³/mol. The zero-order valence-corrected chi connectivity index (χ0v) is 12.6. The summed E-state index contributed by atoms with van der Waals surface area (Å²) in [7, 11) is 0. The first kappa shape index (κ1) is 12.3. The van der Waals surface area contributed by atoms with E-state index in [1.165, 1.54) is 55.6 Å². The van der Waals surface area contributed by atoms with E-state index in [-0.39, 0.29) is 0 Å². The molecule has 4 unspecified atom stereocenters. The highest BCUT2D eigenvalue weighted by Gasteiger charge is 2.42. The van der Waals surface area contributed by atoms with E-state index in [9.17, 15) is 0 Å². The molecule has 3 heteroatoms. The lowest BCUT2D eigenvalue weighted by Gasteiger charge is -2.21. The van der Waals surface area contributed by atoms with Crippen molar-refractivity contribution < 1.29 is 0 Å². The number of hydrogen-bond donors (Lipinski definition) is 1. The molecule has 104 valence electrons. The molecule has 2 nitrogen and oxygen atoms in total. The Hall–Kier alpha value is -0.410. The van der Waals surface area contributed by atoms with Gasteiger partial charge in [-0.15, -0.1) is 11.3 Å². The van der Waals surface area contributed by atoms with Crippen LogP contribution >= 0.6 is 11.3 Å². The van der Waals surface area contributed by atoms with Crippen LogP contribution in [0.4, 0.5) is 0 Å². The minimum Gasteiger partial charge on any atom is -0.309 e. The number of hydrogen-bond acceptors (Lipinski definition) is 3. The molecule has 0 saturated heterocycles. The lowest BCUT2D eigenvalue weighted by atomic mass is 9.89. The zero-order valence-electron chi connectivity index (χ0n) is 11.8. The maximum absolute atomic E-state index is 5.11. The molecule has 1 heterocycles. The topological polar surface area (TPSA) is 24.9 Å². The van der Waals surface area contributed by atoms with Gasteiger partial charge in [0, 0.05) is 10.8 Å². The maximum Gasteiger partial charge on any atom is 0.0965 e. The van der Waals surface area contributed by atoms with Crippen molar-refractivity contribution in [3.05, 3.63) is 15.6 Å². The van der Waals surface area contributed by atoms with E-state index < -0.39 is 0 Å². The van der Waals surface area contributed by atoms with Crippen LogP contribution in [0.15, 0.2) is 0 Å². The van der Waals surface area contributed by atoms with Crippen LogP contribution in [0, 0.1) is 11.8 Å².